The van der Waals surface area contributed by atoms with Gasteiger partial charge >= 0.3 is 0 Å². The second-order valence-electron chi connectivity index (χ2n) is 7.57. The first-order valence-corrected chi connectivity index (χ1v) is 12.1. The highest BCUT2D eigenvalue weighted by Gasteiger charge is 2.27. The Kier molecular flexibility index (Phi) is 6.70. The number of aromatic nitrogens is 3. The van der Waals surface area contributed by atoms with Crippen molar-refractivity contribution < 1.29 is 17.2 Å². The van der Waals surface area contributed by atoms with E-state index in [9.17, 15) is 12.8 Å². The number of aryl methyl sites for hydroxylation is 1. The van der Waals surface area contributed by atoms with Gasteiger partial charge in [-0.1, -0.05) is 0 Å². The molecule has 3 heterocycles. The SMILES string of the molecule is Cc1ccc(C=Cc2nc(=S)n(CN3CCCN(S(=O)(=O)c4ccc(F)cc4)CC3)[nH]2)o1. The number of H-pyrrole nitrogens is 1. The Morgan fingerprint density at radius 2 is 1.91 bits per heavy atom. The van der Waals surface area contributed by atoms with Crippen molar-refractivity contribution in [3.05, 3.63) is 64.3 Å². The lowest BCUT2D eigenvalue weighted by atomic mass is 10.4. The first-order chi connectivity index (χ1) is 15.3. The van der Waals surface area contributed by atoms with Crippen LogP contribution < -0.4 is 0 Å². The zero-order valence-corrected chi connectivity index (χ0v) is 19.2. The lowest BCUT2D eigenvalue weighted by Gasteiger charge is -2.21. The Morgan fingerprint density at radius 3 is 2.62 bits per heavy atom. The van der Waals surface area contributed by atoms with E-state index in [1.807, 2.05) is 25.1 Å². The van der Waals surface area contributed by atoms with Gasteiger partial charge in [-0.2, -0.15) is 9.29 Å². The summed E-state index contributed by atoms with van der Waals surface area (Å²) in [7, 11) is -3.66. The smallest absolute Gasteiger partial charge is 0.243 e. The molecule has 11 heteroatoms. The number of aromatic amines is 1. The van der Waals surface area contributed by atoms with E-state index in [4.69, 9.17) is 16.6 Å². The molecule has 1 aromatic carbocycles. The molecule has 1 aliphatic heterocycles. The van der Waals surface area contributed by atoms with Crippen LogP contribution in [0, 0.1) is 17.5 Å². The maximum Gasteiger partial charge on any atom is 0.243 e. The van der Waals surface area contributed by atoms with E-state index in [1.54, 1.807) is 10.8 Å². The topological polar surface area (TPSA) is 87.4 Å². The number of hydrogen-bond donors (Lipinski definition) is 1. The molecule has 32 heavy (non-hydrogen) atoms. The molecule has 1 fully saturated rings. The molecule has 0 amide bonds. The molecular weight excluding hydrogens is 453 g/mol. The van der Waals surface area contributed by atoms with E-state index < -0.39 is 15.8 Å². The standard InChI is InChI=1S/C21H24FN5O3S2/c1-16-3-6-18(30-16)7-10-20-23-21(31)27(24-20)15-25-11-2-12-26(14-13-25)32(28,29)19-8-4-17(22)5-9-19/h3-10H,2,11-15H2,1H3,(H,23,24,31). The van der Waals surface area contributed by atoms with Crippen LogP contribution in [-0.2, 0) is 16.7 Å². The third kappa shape index (κ3) is 5.23. The highest BCUT2D eigenvalue weighted by Crippen LogP contribution is 2.18. The number of nitrogens with zero attached hydrogens (tertiary/aromatic N) is 4. The van der Waals surface area contributed by atoms with Crippen molar-refractivity contribution in [1.29, 1.82) is 0 Å². The molecule has 0 spiro atoms. The van der Waals surface area contributed by atoms with Crippen molar-refractivity contribution >= 4 is 34.4 Å². The third-order valence-electron chi connectivity index (χ3n) is 5.20. The van der Waals surface area contributed by atoms with Gasteiger partial charge in [0.2, 0.25) is 14.8 Å². The number of benzene rings is 1. The van der Waals surface area contributed by atoms with Gasteiger partial charge in [-0.3, -0.25) is 10.00 Å². The molecule has 0 saturated carbocycles. The van der Waals surface area contributed by atoms with Crippen molar-refractivity contribution in [1.82, 2.24) is 24.0 Å². The molecule has 4 rings (SSSR count). The second kappa shape index (κ2) is 9.49. The lowest BCUT2D eigenvalue weighted by Crippen LogP contribution is -2.35. The number of furan rings is 1. The number of sulfonamides is 1. The van der Waals surface area contributed by atoms with E-state index in [-0.39, 0.29) is 4.90 Å². The Bertz CT molecular complexity index is 1260. The lowest BCUT2D eigenvalue weighted by molar-refractivity contribution is 0.216. The van der Waals surface area contributed by atoms with Crippen LogP contribution in [0.25, 0.3) is 12.2 Å². The minimum Gasteiger partial charge on any atom is -0.462 e. The van der Waals surface area contributed by atoms with Crippen LogP contribution in [0.4, 0.5) is 4.39 Å². The van der Waals surface area contributed by atoms with Gasteiger partial charge in [-0.05, 0) is 74.1 Å². The van der Waals surface area contributed by atoms with Gasteiger partial charge in [0.15, 0.2) is 0 Å². The molecule has 1 N–H and O–H groups in total. The first-order valence-electron chi connectivity index (χ1n) is 10.2. The zero-order chi connectivity index (χ0) is 22.7. The minimum absolute atomic E-state index is 0.103. The van der Waals surface area contributed by atoms with Crippen molar-refractivity contribution in [2.24, 2.45) is 0 Å². The summed E-state index contributed by atoms with van der Waals surface area (Å²) in [5.41, 5.74) is 0. The molecule has 0 radical (unpaired) electrons. The molecule has 1 aliphatic rings. The Morgan fingerprint density at radius 1 is 1.12 bits per heavy atom. The minimum atomic E-state index is -3.66. The van der Waals surface area contributed by atoms with Crippen LogP contribution in [0.15, 0.2) is 45.7 Å². The maximum absolute atomic E-state index is 13.2. The van der Waals surface area contributed by atoms with Gasteiger partial charge in [0, 0.05) is 26.2 Å². The van der Waals surface area contributed by atoms with E-state index in [0.717, 1.165) is 23.7 Å². The first kappa shape index (κ1) is 22.6. The van der Waals surface area contributed by atoms with Crippen LogP contribution in [0.2, 0.25) is 0 Å². The molecule has 0 atom stereocenters. The number of halogens is 1. The van der Waals surface area contributed by atoms with Crippen LogP contribution in [0.3, 0.4) is 0 Å². The number of hydrogen-bond acceptors (Lipinski definition) is 6. The summed E-state index contributed by atoms with van der Waals surface area (Å²) in [4.78, 5) is 6.58. The largest absolute Gasteiger partial charge is 0.462 e. The molecule has 3 aromatic rings. The van der Waals surface area contributed by atoms with Crippen molar-refractivity contribution in [3.63, 3.8) is 0 Å². The second-order valence-corrected chi connectivity index (χ2v) is 9.88. The molecule has 2 aromatic heterocycles. The monoisotopic (exact) mass is 477 g/mol. The summed E-state index contributed by atoms with van der Waals surface area (Å²) in [6.45, 7) is 4.36. The zero-order valence-electron chi connectivity index (χ0n) is 17.6. The van der Waals surface area contributed by atoms with Crippen LogP contribution in [-0.4, -0.2) is 58.6 Å². The summed E-state index contributed by atoms with van der Waals surface area (Å²) in [6, 6.07) is 8.69. The summed E-state index contributed by atoms with van der Waals surface area (Å²) in [6.07, 6.45) is 4.28. The van der Waals surface area contributed by atoms with Gasteiger partial charge in [-0.15, -0.1) is 0 Å². The fourth-order valence-corrected chi connectivity index (χ4v) is 5.20. The molecule has 0 bridgehead atoms. The average molecular weight is 478 g/mol. The van der Waals surface area contributed by atoms with Gasteiger partial charge in [0.05, 0.1) is 11.6 Å². The van der Waals surface area contributed by atoms with Crippen LogP contribution in [0.5, 0.6) is 0 Å². The van der Waals surface area contributed by atoms with E-state index in [0.29, 0.717) is 49.9 Å². The summed E-state index contributed by atoms with van der Waals surface area (Å²) in [5, 5.41) is 3.16. The number of nitrogens with one attached hydrogen (secondary N) is 1. The fourth-order valence-electron chi connectivity index (χ4n) is 3.53. The highest BCUT2D eigenvalue weighted by atomic mass is 32.2. The Balaban J connectivity index is 1.40. The van der Waals surface area contributed by atoms with Gasteiger partial charge < -0.3 is 4.42 Å². The summed E-state index contributed by atoms with van der Waals surface area (Å²) >= 11 is 5.37. The predicted octanol–water partition coefficient (Wildman–Crippen LogP) is 3.51. The van der Waals surface area contributed by atoms with Crippen molar-refractivity contribution in [2.75, 3.05) is 26.2 Å². The highest BCUT2D eigenvalue weighted by molar-refractivity contribution is 7.89. The summed E-state index contributed by atoms with van der Waals surface area (Å²) in [5.74, 6) is 1.71. The van der Waals surface area contributed by atoms with E-state index >= 15 is 0 Å². The predicted molar refractivity (Wildman–Crippen MR) is 121 cm³/mol. The average Bonchev–Trinajstić information content (AvgIpc) is 3.23. The third-order valence-corrected chi connectivity index (χ3v) is 7.43. The molecular formula is C21H24FN5O3S2. The molecule has 0 aliphatic carbocycles. The number of rotatable bonds is 6. The fraction of sp³-hybridized carbons (Fsp3) is 0.333. The molecule has 0 unspecified atom stereocenters. The normalized spacial score (nSPS) is 16.6. The Labute approximate surface area is 191 Å². The van der Waals surface area contributed by atoms with Crippen molar-refractivity contribution in [3.8, 4) is 0 Å². The van der Waals surface area contributed by atoms with Gasteiger partial charge in [0.1, 0.15) is 23.2 Å². The van der Waals surface area contributed by atoms with Gasteiger partial charge in [-0.25, -0.2) is 17.5 Å². The quantitative estimate of drug-likeness (QED) is 0.547. The van der Waals surface area contributed by atoms with Crippen LogP contribution in [0.1, 0.15) is 23.8 Å². The van der Waals surface area contributed by atoms with E-state index in [1.165, 1.54) is 16.4 Å². The van der Waals surface area contributed by atoms with Crippen LogP contribution >= 0.6 is 12.2 Å². The van der Waals surface area contributed by atoms with E-state index in [2.05, 4.69) is 15.0 Å². The molecule has 170 valence electrons. The molecule has 8 nitrogen and oxygen atoms in total. The van der Waals surface area contributed by atoms with Crippen molar-refractivity contribution in [2.45, 2.75) is 24.9 Å². The van der Waals surface area contributed by atoms with Gasteiger partial charge in [0.25, 0.3) is 0 Å². The maximum atomic E-state index is 13.2. The Hall–Kier alpha value is -2.60. The summed E-state index contributed by atoms with van der Waals surface area (Å²) < 4.78 is 48.1. The molecule has 1 saturated heterocycles.